The third-order valence-corrected chi connectivity index (χ3v) is 1.22. The zero-order valence-electron chi connectivity index (χ0n) is 7.35. The minimum Gasteiger partial charge on any atom is -0.368 e. The Morgan fingerprint density at radius 3 is 2.27 bits per heavy atom. The summed E-state index contributed by atoms with van der Waals surface area (Å²) >= 11 is 0. The fourth-order valence-corrected chi connectivity index (χ4v) is 0.517. The maximum Gasteiger partial charge on any atom is 0.235 e. The van der Waals surface area contributed by atoms with Crippen molar-refractivity contribution in [3.8, 4) is 0 Å². The summed E-state index contributed by atoms with van der Waals surface area (Å²) in [6.07, 6.45) is 0. The lowest BCUT2D eigenvalue weighted by Crippen LogP contribution is -2.49. The molecule has 0 aromatic heterocycles. The second-order valence-electron chi connectivity index (χ2n) is 3.64. The summed E-state index contributed by atoms with van der Waals surface area (Å²) in [4.78, 5) is 10.5. The van der Waals surface area contributed by atoms with Crippen LogP contribution in [0.3, 0.4) is 0 Å². The molecule has 1 atom stereocenters. The summed E-state index contributed by atoms with van der Waals surface area (Å²) in [6, 6.07) is -0.589. The van der Waals surface area contributed by atoms with E-state index in [4.69, 9.17) is 11.5 Å². The van der Waals surface area contributed by atoms with E-state index >= 15 is 0 Å². The zero-order chi connectivity index (χ0) is 9.07. The number of nitrogens with two attached hydrogens (primary N) is 2. The number of carbonyl (C=O) groups excluding carboxylic acids is 1. The van der Waals surface area contributed by atoms with Gasteiger partial charge in [0.05, 0.1) is 6.04 Å². The van der Waals surface area contributed by atoms with Crippen LogP contribution in [-0.4, -0.2) is 24.0 Å². The largest absolute Gasteiger partial charge is 0.368 e. The van der Waals surface area contributed by atoms with Gasteiger partial charge in [0, 0.05) is 12.1 Å². The van der Waals surface area contributed by atoms with Crippen LogP contribution in [0.25, 0.3) is 0 Å². The van der Waals surface area contributed by atoms with Gasteiger partial charge in [-0.15, -0.1) is 0 Å². The number of rotatable bonds is 3. The van der Waals surface area contributed by atoms with Gasteiger partial charge in [-0.25, -0.2) is 0 Å². The van der Waals surface area contributed by atoms with Gasteiger partial charge < -0.3 is 16.8 Å². The first-order chi connectivity index (χ1) is 4.83. The Balaban J connectivity index is 3.63. The van der Waals surface area contributed by atoms with Crippen molar-refractivity contribution < 1.29 is 4.79 Å². The van der Waals surface area contributed by atoms with Crippen molar-refractivity contribution in [2.75, 3.05) is 6.54 Å². The Morgan fingerprint density at radius 2 is 2.00 bits per heavy atom. The molecule has 0 saturated carbocycles. The summed E-state index contributed by atoms with van der Waals surface area (Å²) in [6.45, 7) is 6.43. The number of nitrogens with one attached hydrogen (secondary N) is 1. The molecule has 0 aliphatic carbocycles. The second kappa shape index (κ2) is 3.69. The average molecular weight is 159 g/mol. The van der Waals surface area contributed by atoms with E-state index in [1.54, 1.807) is 0 Å². The van der Waals surface area contributed by atoms with Crippen molar-refractivity contribution in [3.05, 3.63) is 0 Å². The van der Waals surface area contributed by atoms with Crippen LogP contribution in [0.15, 0.2) is 0 Å². The predicted molar refractivity (Wildman–Crippen MR) is 44.9 cm³/mol. The minimum atomic E-state index is -0.589. The molecule has 11 heavy (non-hydrogen) atoms. The Morgan fingerprint density at radius 1 is 1.55 bits per heavy atom. The summed E-state index contributed by atoms with van der Waals surface area (Å²) in [5.41, 5.74) is 10.3. The van der Waals surface area contributed by atoms with Gasteiger partial charge in [-0.05, 0) is 20.8 Å². The van der Waals surface area contributed by atoms with Gasteiger partial charge in [0.1, 0.15) is 0 Å². The lowest BCUT2D eigenvalue weighted by molar-refractivity contribution is -0.119. The maximum absolute atomic E-state index is 10.5. The molecule has 66 valence electrons. The van der Waals surface area contributed by atoms with E-state index < -0.39 is 11.9 Å². The number of primary amides is 1. The molecular formula is C7H17N3O. The first-order valence-electron chi connectivity index (χ1n) is 3.63. The van der Waals surface area contributed by atoms with Crippen LogP contribution in [0.1, 0.15) is 20.8 Å². The lowest BCUT2D eigenvalue weighted by Gasteiger charge is -2.21. The fourth-order valence-electron chi connectivity index (χ4n) is 0.517. The smallest absolute Gasteiger partial charge is 0.235 e. The first kappa shape index (κ1) is 10.4. The third-order valence-electron chi connectivity index (χ3n) is 1.22. The Hall–Kier alpha value is -0.610. The molecule has 0 aliphatic heterocycles. The molecule has 5 N–H and O–H groups in total. The van der Waals surface area contributed by atoms with Gasteiger partial charge in [-0.2, -0.15) is 0 Å². The van der Waals surface area contributed by atoms with Crippen LogP contribution >= 0.6 is 0 Å². The van der Waals surface area contributed by atoms with Gasteiger partial charge in [-0.3, -0.25) is 4.79 Å². The highest BCUT2D eigenvalue weighted by Gasteiger charge is 2.13. The predicted octanol–water partition coefficient (Wildman–Crippen LogP) is -0.813. The van der Waals surface area contributed by atoms with Gasteiger partial charge in [0.2, 0.25) is 5.91 Å². The molecule has 0 saturated heterocycles. The molecular weight excluding hydrogens is 142 g/mol. The molecule has 0 spiro atoms. The molecule has 0 fully saturated rings. The molecule has 0 aromatic carbocycles. The molecule has 0 aromatic rings. The van der Waals surface area contributed by atoms with Crippen LogP contribution in [0.2, 0.25) is 0 Å². The van der Waals surface area contributed by atoms with Gasteiger partial charge in [-0.1, -0.05) is 0 Å². The van der Waals surface area contributed by atoms with Crippen molar-refractivity contribution in [1.29, 1.82) is 0 Å². The van der Waals surface area contributed by atoms with E-state index in [-0.39, 0.29) is 5.54 Å². The standard InChI is InChI=1S/C7H17N3O/c1-7(2,3)10-4-5(8)6(9)11/h5,10H,4,8H2,1-3H3,(H2,9,11). The Kier molecular flexibility index (Phi) is 3.48. The minimum absolute atomic E-state index is 0.0208. The van der Waals surface area contributed by atoms with Crippen molar-refractivity contribution in [3.63, 3.8) is 0 Å². The number of hydrogen-bond acceptors (Lipinski definition) is 3. The van der Waals surface area contributed by atoms with Gasteiger partial charge in [0.25, 0.3) is 0 Å². The number of hydrogen-bond donors (Lipinski definition) is 3. The molecule has 0 rings (SSSR count). The molecule has 0 radical (unpaired) electrons. The molecule has 0 heterocycles. The zero-order valence-corrected chi connectivity index (χ0v) is 7.35. The molecule has 4 heteroatoms. The molecule has 4 nitrogen and oxygen atoms in total. The second-order valence-corrected chi connectivity index (χ2v) is 3.64. The fraction of sp³-hybridized carbons (Fsp3) is 0.857. The topological polar surface area (TPSA) is 81.1 Å². The summed E-state index contributed by atoms with van der Waals surface area (Å²) in [5, 5.41) is 3.08. The van der Waals surface area contributed by atoms with Crippen LogP contribution in [0.4, 0.5) is 0 Å². The summed E-state index contributed by atoms with van der Waals surface area (Å²) in [7, 11) is 0. The lowest BCUT2D eigenvalue weighted by atomic mass is 10.1. The Labute approximate surface area is 67.3 Å². The molecule has 1 unspecified atom stereocenters. The average Bonchev–Trinajstić information content (AvgIpc) is 1.80. The van der Waals surface area contributed by atoms with E-state index in [0.29, 0.717) is 6.54 Å². The Bertz CT molecular complexity index is 139. The number of carbonyl (C=O) groups is 1. The van der Waals surface area contributed by atoms with E-state index in [1.165, 1.54) is 0 Å². The number of amides is 1. The normalized spacial score (nSPS) is 14.5. The highest BCUT2D eigenvalue weighted by molar-refractivity contribution is 5.79. The highest BCUT2D eigenvalue weighted by Crippen LogP contribution is 1.97. The van der Waals surface area contributed by atoms with Crippen molar-refractivity contribution in [2.24, 2.45) is 11.5 Å². The van der Waals surface area contributed by atoms with E-state index in [0.717, 1.165) is 0 Å². The molecule has 0 aliphatic rings. The van der Waals surface area contributed by atoms with E-state index in [2.05, 4.69) is 5.32 Å². The quantitative estimate of drug-likeness (QED) is 0.503. The highest BCUT2D eigenvalue weighted by atomic mass is 16.1. The van der Waals surface area contributed by atoms with Gasteiger partial charge >= 0.3 is 0 Å². The van der Waals surface area contributed by atoms with Crippen LogP contribution in [-0.2, 0) is 4.79 Å². The molecule has 0 bridgehead atoms. The van der Waals surface area contributed by atoms with E-state index in [1.807, 2.05) is 20.8 Å². The van der Waals surface area contributed by atoms with Crippen molar-refractivity contribution >= 4 is 5.91 Å². The third kappa shape index (κ3) is 5.82. The SMILES string of the molecule is CC(C)(C)NCC(N)C(N)=O. The van der Waals surface area contributed by atoms with Crippen LogP contribution in [0.5, 0.6) is 0 Å². The monoisotopic (exact) mass is 159 g/mol. The van der Waals surface area contributed by atoms with Crippen LogP contribution < -0.4 is 16.8 Å². The van der Waals surface area contributed by atoms with Crippen LogP contribution in [0, 0.1) is 0 Å². The first-order valence-corrected chi connectivity index (χ1v) is 3.63. The van der Waals surface area contributed by atoms with Gasteiger partial charge in [0.15, 0.2) is 0 Å². The molecule has 1 amide bonds. The van der Waals surface area contributed by atoms with Crippen molar-refractivity contribution in [2.45, 2.75) is 32.4 Å². The maximum atomic E-state index is 10.5. The van der Waals surface area contributed by atoms with Crippen molar-refractivity contribution in [1.82, 2.24) is 5.32 Å². The summed E-state index contributed by atoms with van der Waals surface area (Å²) < 4.78 is 0. The van der Waals surface area contributed by atoms with E-state index in [9.17, 15) is 4.79 Å². The summed E-state index contributed by atoms with van der Waals surface area (Å²) in [5.74, 6) is -0.471.